The molecule has 0 aliphatic rings. The quantitative estimate of drug-likeness (QED) is 0.775. The minimum Gasteiger partial charge on any atom is -0.337 e. The zero-order valence-electron chi connectivity index (χ0n) is 12.2. The molecule has 0 fully saturated rings. The highest BCUT2D eigenvalue weighted by Crippen LogP contribution is 2.23. The third kappa shape index (κ3) is 3.03. The first-order valence-corrected chi connectivity index (χ1v) is 7.14. The van der Waals surface area contributed by atoms with Gasteiger partial charge in [-0.15, -0.1) is 10.2 Å². The number of hydrogen-bond acceptors (Lipinski definition) is 4. The molecule has 2 aromatic heterocycles. The molecule has 0 radical (unpaired) electrons. The Hall–Kier alpha value is -2.95. The standard InChI is InChI=1S/C17H16N4O/c1-2-12-10-15(13-6-4-3-5-7-13)20-21-17(12)19-14-8-9-16(22)18-11-14/h3-11H,2H2,1H3,(H,18,22)(H,19,21). The van der Waals surface area contributed by atoms with Crippen molar-refractivity contribution in [2.75, 3.05) is 5.32 Å². The van der Waals surface area contributed by atoms with Gasteiger partial charge in [0.05, 0.1) is 11.4 Å². The van der Waals surface area contributed by atoms with Crippen LogP contribution in [0.1, 0.15) is 12.5 Å². The van der Waals surface area contributed by atoms with Crippen molar-refractivity contribution >= 4 is 11.5 Å². The molecule has 5 heteroatoms. The summed E-state index contributed by atoms with van der Waals surface area (Å²) in [6, 6.07) is 15.2. The molecule has 3 rings (SSSR count). The average Bonchev–Trinajstić information content (AvgIpc) is 2.58. The minimum atomic E-state index is -0.133. The van der Waals surface area contributed by atoms with Crippen LogP contribution in [0.2, 0.25) is 0 Å². The summed E-state index contributed by atoms with van der Waals surface area (Å²) < 4.78 is 0. The largest absolute Gasteiger partial charge is 0.337 e. The molecule has 0 bridgehead atoms. The average molecular weight is 292 g/mol. The number of hydrogen-bond donors (Lipinski definition) is 2. The molecule has 2 heterocycles. The van der Waals surface area contributed by atoms with Crippen LogP contribution in [-0.2, 0) is 6.42 Å². The van der Waals surface area contributed by atoms with Crippen LogP contribution in [0.15, 0.2) is 59.5 Å². The first kappa shape index (κ1) is 14.0. The highest BCUT2D eigenvalue weighted by molar-refractivity contribution is 5.64. The number of nitrogens with one attached hydrogen (secondary N) is 2. The van der Waals surface area contributed by atoms with Crippen molar-refractivity contribution in [2.24, 2.45) is 0 Å². The summed E-state index contributed by atoms with van der Waals surface area (Å²) in [5.74, 6) is 0.703. The first-order chi connectivity index (χ1) is 10.8. The van der Waals surface area contributed by atoms with Crippen LogP contribution in [0.5, 0.6) is 0 Å². The van der Waals surface area contributed by atoms with Gasteiger partial charge >= 0.3 is 0 Å². The zero-order chi connectivity index (χ0) is 15.4. The molecule has 22 heavy (non-hydrogen) atoms. The molecule has 3 aromatic rings. The van der Waals surface area contributed by atoms with Gasteiger partial charge in [-0.2, -0.15) is 0 Å². The molecule has 0 aliphatic carbocycles. The lowest BCUT2D eigenvalue weighted by Crippen LogP contribution is -2.05. The Kier molecular flexibility index (Phi) is 3.96. The molecule has 1 aromatic carbocycles. The second-order valence-electron chi connectivity index (χ2n) is 4.89. The van der Waals surface area contributed by atoms with Crippen LogP contribution < -0.4 is 10.9 Å². The van der Waals surface area contributed by atoms with E-state index in [0.717, 1.165) is 28.9 Å². The molecular weight excluding hydrogens is 276 g/mol. The molecule has 0 atom stereocenters. The van der Waals surface area contributed by atoms with Crippen LogP contribution in [0.4, 0.5) is 11.5 Å². The van der Waals surface area contributed by atoms with Gasteiger partial charge in [0.15, 0.2) is 5.82 Å². The molecule has 2 N–H and O–H groups in total. The summed E-state index contributed by atoms with van der Waals surface area (Å²) in [6.07, 6.45) is 2.45. The Morgan fingerprint density at radius 2 is 1.91 bits per heavy atom. The van der Waals surface area contributed by atoms with Gasteiger partial charge in [-0.1, -0.05) is 37.3 Å². The molecule has 0 unspecified atom stereocenters. The molecule has 110 valence electrons. The zero-order valence-corrected chi connectivity index (χ0v) is 12.2. The number of rotatable bonds is 4. The van der Waals surface area contributed by atoms with Gasteiger partial charge in [0.1, 0.15) is 0 Å². The Morgan fingerprint density at radius 1 is 1.09 bits per heavy atom. The third-order valence-electron chi connectivity index (χ3n) is 3.37. The maximum Gasteiger partial charge on any atom is 0.248 e. The van der Waals surface area contributed by atoms with Crippen LogP contribution in [-0.4, -0.2) is 15.2 Å². The van der Waals surface area contributed by atoms with E-state index in [1.807, 2.05) is 36.4 Å². The van der Waals surface area contributed by atoms with Crippen LogP contribution >= 0.6 is 0 Å². The molecule has 0 saturated carbocycles. The lowest BCUT2D eigenvalue weighted by atomic mass is 10.1. The highest BCUT2D eigenvalue weighted by Gasteiger charge is 2.07. The Labute approximate surface area is 128 Å². The number of benzene rings is 1. The fraction of sp³-hybridized carbons (Fsp3) is 0.118. The van der Waals surface area contributed by atoms with E-state index in [1.54, 1.807) is 12.3 Å². The van der Waals surface area contributed by atoms with Crippen molar-refractivity contribution in [1.82, 2.24) is 15.2 Å². The highest BCUT2D eigenvalue weighted by atomic mass is 16.1. The van der Waals surface area contributed by atoms with Gasteiger partial charge in [-0.05, 0) is 24.1 Å². The summed E-state index contributed by atoms with van der Waals surface area (Å²) in [5.41, 5.74) is 3.60. The summed E-state index contributed by atoms with van der Waals surface area (Å²) >= 11 is 0. The number of pyridine rings is 1. The van der Waals surface area contributed by atoms with Crippen LogP contribution in [0.3, 0.4) is 0 Å². The van der Waals surface area contributed by atoms with Crippen molar-refractivity contribution in [2.45, 2.75) is 13.3 Å². The second-order valence-corrected chi connectivity index (χ2v) is 4.89. The second kappa shape index (κ2) is 6.22. The number of nitrogens with zero attached hydrogens (tertiary/aromatic N) is 2. The molecule has 5 nitrogen and oxygen atoms in total. The minimum absolute atomic E-state index is 0.133. The van der Waals surface area contributed by atoms with Crippen molar-refractivity contribution in [3.05, 3.63) is 70.6 Å². The Bertz CT molecular complexity index is 807. The van der Waals surface area contributed by atoms with Crippen molar-refractivity contribution in [1.29, 1.82) is 0 Å². The lowest BCUT2D eigenvalue weighted by Gasteiger charge is -2.10. The van der Waals surface area contributed by atoms with E-state index in [2.05, 4.69) is 27.4 Å². The summed E-state index contributed by atoms with van der Waals surface area (Å²) in [5, 5.41) is 11.8. The predicted molar refractivity (Wildman–Crippen MR) is 87.2 cm³/mol. The maximum atomic E-state index is 11.1. The van der Waals surface area contributed by atoms with Gasteiger partial charge in [-0.3, -0.25) is 4.79 Å². The fourth-order valence-corrected chi connectivity index (χ4v) is 2.18. The van der Waals surface area contributed by atoms with Crippen LogP contribution in [0.25, 0.3) is 11.3 Å². The smallest absolute Gasteiger partial charge is 0.248 e. The predicted octanol–water partition coefficient (Wildman–Crippen LogP) is 3.14. The van der Waals surface area contributed by atoms with E-state index < -0.39 is 0 Å². The van der Waals surface area contributed by atoms with E-state index in [4.69, 9.17) is 0 Å². The van der Waals surface area contributed by atoms with E-state index in [-0.39, 0.29) is 5.56 Å². The number of aryl methyl sites for hydroxylation is 1. The number of H-pyrrole nitrogens is 1. The number of anilines is 2. The van der Waals surface area contributed by atoms with E-state index >= 15 is 0 Å². The van der Waals surface area contributed by atoms with Crippen molar-refractivity contribution < 1.29 is 0 Å². The topological polar surface area (TPSA) is 70.7 Å². The van der Waals surface area contributed by atoms with Crippen LogP contribution in [0, 0.1) is 0 Å². The lowest BCUT2D eigenvalue weighted by molar-refractivity contribution is 0.995. The number of aromatic amines is 1. The summed E-state index contributed by atoms with van der Waals surface area (Å²) in [7, 11) is 0. The van der Waals surface area contributed by atoms with E-state index in [0.29, 0.717) is 5.82 Å². The van der Waals surface area contributed by atoms with Crippen molar-refractivity contribution in [3.8, 4) is 11.3 Å². The monoisotopic (exact) mass is 292 g/mol. The van der Waals surface area contributed by atoms with E-state index in [1.165, 1.54) is 6.07 Å². The molecule has 0 spiro atoms. The molecule has 0 amide bonds. The summed E-state index contributed by atoms with van der Waals surface area (Å²) in [6.45, 7) is 2.07. The first-order valence-electron chi connectivity index (χ1n) is 7.14. The third-order valence-corrected chi connectivity index (χ3v) is 3.37. The fourth-order valence-electron chi connectivity index (χ4n) is 2.18. The number of aromatic nitrogens is 3. The van der Waals surface area contributed by atoms with Crippen molar-refractivity contribution in [3.63, 3.8) is 0 Å². The SMILES string of the molecule is CCc1cc(-c2ccccc2)nnc1Nc1ccc(=O)[nH]c1. The molecular formula is C17H16N4O. The molecule has 0 saturated heterocycles. The van der Waals surface area contributed by atoms with Gasteiger partial charge < -0.3 is 10.3 Å². The van der Waals surface area contributed by atoms with Gasteiger partial charge in [0.2, 0.25) is 5.56 Å². The van der Waals surface area contributed by atoms with E-state index in [9.17, 15) is 4.79 Å². The Balaban J connectivity index is 1.92. The summed E-state index contributed by atoms with van der Waals surface area (Å²) in [4.78, 5) is 13.7. The van der Waals surface area contributed by atoms with Gasteiger partial charge in [0.25, 0.3) is 0 Å². The van der Waals surface area contributed by atoms with Gasteiger partial charge in [-0.25, -0.2) is 0 Å². The maximum absolute atomic E-state index is 11.1. The van der Waals surface area contributed by atoms with Gasteiger partial charge in [0, 0.05) is 17.8 Å². The molecule has 0 aliphatic heterocycles. The normalized spacial score (nSPS) is 10.4. The Morgan fingerprint density at radius 3 is 2.59 bits per heavy atom.